The van der Waals surface area contributed by atoms with E-state index in [-0.39, 0.29) is 17.5 Å². The lowest BCUT2D eigenvalue weighted by molar-refractivity contribution is -0.143. The highest BCUT2D eigenvalue weighted by Gasteiger charge is 2.24. The number of aromatic hydroxyl groups is 2. The molecule has 4 nitrogen and oxygen atoms in total. The number of hydrogen-bond acceptors (Lipinski definition) is 4. The van der Waals surface area contributed by atoms with E-state index in [0.717, 1.165) is 11.1 Å². The summed E-state index contributed by atoms with van der Waals surface area (Å²) in [5.74, 6) is -0.649. The first-order valence-corrected chi connectivity index (χ1v) is 6.36. The van der Waals surface area contributed by atoms with Crippen molar-refractivity contribution in [2.45, 2.75) is 12.8 Å². The number of benzene rings is 2. The molecule has 0 saturated heterocycles. The summed E-state index contributed by atoms with van der Waals surface area (Å²) in [4.78, 5) is 12.2. The van der Waals surface area contributed by atoms with Crippen molar-refractivity contribution in [1.82, 2.24) is 0 Å². The smallest absolute Gasteiger partial charge is 0.317 e. The molecule has 0 aromatic heterocycles. The van der Waals surface area contributed by atoms with E-state index >= 15 is 0 Å². The molecule has 0 heterocycles. The maximum absolute atomic E-state index is 12.2. The van der Waals surface area contributed by atoms with E-state index in [9.17, 15) is 15.0 Å². The average Bonchev–Trinajstić information content (AvgIpc) is 2.44. The summed E-state index contributed by atoms with van der Waals surface area (Å²) in [5.41, 5.74) is 1.46. The van der Waals surface area contributed by atoms with Gasteiger partial charge in [-0.05, 0) is 42.3 Å². The first-order valence-electron chi connectivity index (χ1n) is 6.36. The molecule has 20 heavy (non-hydrogen) atoms. The van der Waals surface area contributed by atoms with Crippen LogP contribution in [0.3, 0.4) is 0 Å². The molecule has 2 rings (SSSR count). The van der Waals surface area contributed by atoms with Crippen LogP contribution in [0.1, 0.15) is 24.0 Å². The molecule has 0 bridgehead atoms. The second-order valence-electron chi connectivity index (χ2n) is 4.37. The molecule has 4 heteroatoms. The minimum absolute atomic E-state index is 0.141. The highest BCUT2D eigenvalue weighted by Crippen LogP contribution is 2.28. The Labute approximate surface area is 117 Å². The van der Waals surface area contributed by atoms with Gasteiger partial charge in [0, 0.05) is 0 Å². The molecule has 0 aliphatic carbocycles. The third-order valence-electron chi connectivity index (χ3n) is 2.98. The molecule has 2 aromatic rings. The van der Waals surface area contributed by atoms with Gasteiger partial charge in [0.05, 0.1) is 6.61 Å². The first-order chi connectivity index (χ1) is 9.61. The van der Waals surface area contributed by atoms with Crippen LogP contribution >= 0.6 is 0 Å². The fourth-order valence-corrected chi connectivity index (χ4v) is 2.02. The van der Waals surface area contributed by atoms with Crippen molar-refractivity contribution in [2.75, 3.05) is 6.61 Å². The Morgan fingerprint density at radius 3 is 1.70 bits per heavy atom. The van der Waals surface area contributed by atoms with Gasteiger partial charge >= 0.3 is 5.97 Å². The van der Waals surface area contributed by atoms with Crippen molar-refractivity contribution in [3.63, 3.8) is 0 Å². The van der Waals surface area contributed by atoms with Gasteiger partial charge in [0.15, 0.2) is 0 Å². The summed E-state index contributed by atoms with van der Waals surface area (Å²) < 4.78 is 5.11. The van der Waals surface area contributed by atoms with E-state index in [1.54, 1.807) is 31.2 Å². The predicted molar refractivity (Wildman–Crippen MR) is 74.7 cm³/mol. The second kappa shape index (κ2) is 6.10. The van der Waals surface area contributed by atoms with Gasteiger partial charge in [0.2, 0.25) is 0 Å². The van der Waals surface area contributed by atoms with Crippen molar-refractivity contribution in [3.8, 4) is 11.5 Å². The Balaban J connectivity index is 2.41. The topological polar surface area (TPSA) is 66.8 Å². The number of hydrogen-bond donors (Lipinski definition) is 2. The lowest BCUT2D eigenvalue weighted by Gasteiger charge is -2.16. The number of carbonyl (C=O) groups is 1. The summed E-state index contributed by atoms with van der Waals surface area (Å²) in [7, 11) is 0. The van der Waals surface area contributed by atoms with E-state index in [4.69, 9.17) is 4.74 Å². The molecule has 0 aliphatic heterocycles. The van der Waals surface area contributed by atoms with E-state index in [1.165, 1.54) is 24.3 Å². The highest BCUT2D eigenvalue weighted by atomic mass is 16.5. The van der Waals surface area contributed by atoms with Gasteiger partial charge in [-0.1, -0.05) is 24.3 Å². The molecule has 0 spiro atoms. The van der Waals surface area contributed by atoms with Crippen LogP contribution < -0.4 is 0 Å². The molecule has 0 saturated carbocycles. The lowest BCUT2D eigenvalue weighted by Crippen LogP contribution is -2.17. The number of rotatable bonds is 4. The van der Waals surface area contributed by atoms with Crippen LogP contribution in [0.2, 0.25) is 0 Å². The number of esters is 1. The number of phenolic OH excluding ortho intramolecular Hbond substituents is 2. The SMILES string of the molecule is CCOC(=O)C(c1ccc(O)cc1)c1ccc(O)cc1. The third kappa shape index (κ3) is 3.09. The molecule has 0 amide bonds. The Morgan fingerprint density at radius 2 is 1.35 bits per heavy atom. The molecular weight excluding hydrogens is 256 g/mol. The summed E-state index contributed by atoms with van der Waals surface area (Å²) in [6.45, 7) is 2.05. The van der Waals surface area contributed by atoms with Gasteiger partial charge in [-0.3, -0.25) is 4.79 Å². The number of carbonyl (C=O) groups excluding carboxylic acids is 1. The van der Waals surface area contributed by atoms with Crippen LogP contribution in [0.25, 0.3) is 0 Å². The first kappa shape index (κ1) is 13.9. The van der Waals surface area contributed by atoms with Gasteiger partial charge in [-0.2, -0.15) is 0 Å². The van der Waals surface area contributed by atoms with Crippen LogP contribution in [0.5, 0.6) is 11.5 Å². The van der Waals surface area contributed by atoms with Gasteiger partial charge in [-0.25, -0.2) is 0 Å². The molecule has 0 unspecified atom stereocenters. The zero-order valence-corrected chi connectivity index (χ0v) is 11.1. The molecule has 104 valence electrons. The molecule has 0 atom stereocenters. The maximum Gasteiger partial charge on any atom is 0.317 e. The molecular formula is C16H16O4. The Morgan fingerprint density at radius 1 is 0.950 bits per heavy atom. The van der Waals surface area contributed by atoms with E-state index < -0.39 is 5.92 Å². The summed E-state index contributed by atoms with van der Waals surface area (Å²) in [6, 6.07) is 12.9. The average molecular weight is 272 g/mol. The monoisotopic (exact) mass is 272 g/mol. The Kier molecular flexibility index (Phi) is 4.25. The van der Waals surface area contributed by atoms with Crippen molar-refractivity contribution < 1.29 is 19.7 Å². The molecule has 0 fully saturated rings. The fourth-order valence-electron chi connectivity index (χ4n) is 2.02. The minimum Gasteiger partial charge on any atom is -0.508 e. The zero-order chi connectivity index (χ0) is 14.5. The third-order valence-corrected chi connectivity index (χ3v) is 2.98. The van der Waals surface area contributed by atoms with Gasteiger partial charge in [0.25, 0.3) is 0 Å². The second-order valence-corrected chi connectivity index (χ2v) is 4.37. The molecule has 0 aliphatic rings. The number of phenols is 2. The number of ether oxygens (including phenoxy) is 1. The minimum atomic E-state index is -0.573. The maximum atomic E-state index is 12.2. The van der Waals surface area contributed by atoms with Gasteiger partial charge < -0.3 is 14.9 Å². The van der Waals surface area contributed by atoms with Crippen LogP contribution in [0, 0.1) is 0 Å². The predicted octanol–water partition coefficient (Wildman–Crippen LogP) is 2.79. The van der Waals surface area contributed by atoms with Crippen molar-refractivity contribution in [2.24, 2.45) is 0 Å². The summed E-state index contributed by atoms with van der Waals surface area (Å²) in [6.07, 6.45) is 0. The van der Waals surface area contributed by atoms with E-state index in [1.807, 2.05) is 0 Å². The van der Waals surface area contributed by atoms with Crippen molar-refractivity contribution in [3.05, 3.63) is 59.7 Å². The Hall–Kier alpha value is -2.49. The summed E-state index contributed by atoms with van der Waals surface area (Å²) in [5, 5.41) is 18.7. The van der Waals surface area contributed by atoms with Crippen LogP contribution in [0.4, 0.5) is 0 Å². The van der Waals surface area contributed by atoms with Crippen LogP contribution in [0.15, 0.2) is 48.5 Å². The molecule has 2 N–H and O–H groups in total. The van der Waals surface area contributed by atoms with Crippen LogP contribution in [-0.4, -0.2) is 22.8 Å². The highest BCUT2D eigenvalue weighted by molar-refractivity contribution is 5.82. The van der Waals surface area contributed by atoms with Crippen molar-refractivity contribution >= 4 is 5.97 Å². The van der Waals surface area contributed by atoms with E-state index in [2.05, 4.69) is 0 Å². The van der Waals surface area contributed by atoms with Gasteiger partial charge in [-0.15, -0.1) is 0 Å². The lowest BCUT2D eigenvalue weighted by atomic mass is 9.91. The van der Waals surface area contributed by atoms with Gasteiger partial charge in [0.1, 0.15) is 17.4 Å². The summed E-state index contributed by atoms with van der Waals surface area (Å²) >= 11 is 0. The normalized spacial score (nSPS) is 10.5. The molecule has 0 radical (unpaired) electrons. The quantitative estimate of drug-likeness (QED) is 0.840. The van der Waals surface area contributed by atoms with E-state index in [0.29, 0.717) is 6.61 Å². The van der Waals surface area contributed by atoms with Crippen molar-refractivity contribution in [1.29, 1.82) is 0 Å². The zero-order valence-electron chi connectivity index (χ0n) is 11.1. The Bertz CT molecular complexity index is 527. The molecule has 2 aromatic carbocycles. The van der Waals surface area contributed by atoms with Crippen LogP contribution in [-0.2, 0) is 9.53 Å². The standard InChI is InChI=1S/C16H16O4/c1-2-20-16(19)15(11-3-7-13(17)8-4-11)12-5-9-14(18)10-6-12/h3-10,15,17-18H,2H2,1H3. The fraction of sp³-hybridized carbons (Fsp3) is 0.188. The largest absolute Gasteiger partial charge is 0.508 e.